The van der Waals surface area contributed by atoms with E-state index in [9.17, 15) is 4.79 Å². The summed E-state index contributed by atoms with van der Waals surface area (Å²) >= 11 is 0. The minimum Gasteiger partial charge on any atom is -0.496 e. The third-order valence-electron chi connectivity index (χ3n) is 3.04. The fraction of sp³-hybridized carbons (Fsp3) is 0.500. The van der Waals surface area contributed by atoms with E-state index in [0.29, 0.717) is 13.0 Å². The highest BCUT2D eigenvalue weighted by atomic mass is 16.5. The van der Waals surface area contributed by atoms with Crippen LogP contribution in [-0.4, -0.2) is 19.6 Å². The zero-order valence-corrected chi connectivity index (χ0v) is 11.5. The number of carbonyl (C=O) groups excluding carboxylic acids is 1. The molecule has 0 aliphatic heterocycles. The highest BCUT2D eigenvalue weighted by Crippen LogP contribution is 2.25. The van der Waals surface area contributed by atoms with Gasteiger partial charge in [0.25, 0.3) is 0 Å². The average Bonchev–Trinajstić information content (AvgIpc) is 2.29. The van der Waals surface area contributed by atoms with Crippen LogP contribution in [0.1, 0.15) is 25.8 Å². The van der Waals surface area contributed by atoms with Gasteiger partial charge in [-0.2, -0.15) is 0 Å². The average molecular weight is 250 g/mol. The molecular weight excluding hydrogens is 228 g/mol. The quantitative estimate of drug-likeness (QED) is 0.843. The van der Waals surface area contributed by atoms with Crippen molar-refractivity contribution in [2.24, 2.45) is 11.1 Å². The Hall–Kier alpha value is -1.55. The van der Waals surface area contributed by atoms with Gasteiger partial charge in [0.2, 0.25) is 5.91 Å². The number of anilines is 1. The van der Waals surface area contributed by atoms with Crippen LogP contribution in [0.3, 0.4) is 0 Å². The SMILES string of the molecule is COc1ccc(NC(=O)C(C)(C)CCN)cc1C. The first kappa shape index (κ1) is 14.5. The molecule has 4 heteroatoms. The number of methoxy groups -OCH3 is 1. The number of rotatable bonds is 5. The molecule has 0 spiro atoms. The Morgan fingerprint density at radius 1 is 1.44 bits per heavy atom. The van der Waals surface area contributed by atoms with Gasteiger partial charge in [-0.1, -0.05) is 13.8 Å². The van der Waals surface area contributed by atoms with Crippen LogP contribution in [0.15, 0.2) is 18.2 Å². The van der Waals surface area contributed by atoms with Crippen LogP contribution in [0.5, 0.6) is 5.75 Å². The predicted octanol–water partition coefficient (Wildman–Crippen LogP) is 2.32. The molecule has 18 heavy (non-hydrogen) atoms. The molecule has 100 valence electrons. The Balaban J connectivity index is 2.79. The number of ether oxygens (including phenoxy) is 1. The Morgan fingerprint density at radius 2 is 2.11 bits per heavy atom. The number of amides is 1. The largest absolute Gasteiger partial charge is 0.496 e. The van der Waals surface area contributed by atoms with Gasteiger partial charge in [0.15, 0.2) is 0 Å². The molecule has 0 saturated heterocycles. The number of nitrogens with two attached hydrogens (primary N) is 1. The summed E-state index contributed by atoms with van der Waals surface area (Å²) in [4.78, 5) is 12.1. The van der Waals surface area contributed by atoms with Crippen molar-refractivity contribution in [1.29, 1.82) is 0 Å². The van der Waals surface area contributed by atoms with Gasteiger partial charge in [-0.3, -0.25) is 4.79 Å². The highest BCUT2D eigenvalue weighted by Gasteiger charge is 2.26. The van der Waals surface area contributed by atoms with Crippen LogP contribution in [0.25, 0.3) is 0 Å². The number of nitrogens with one attached hydrogen (secondary N) is 1. The monoisotopic (exact) mass is 250 g/mol. The fourth-order valence-electron chi connectivity index (χ4n) is 1.73. The third kappa shape index (κ3) is 3.47. The van der Waals surface area contributed by atoms with Crippen molar-refractivity contribution in [3.63, 3.8) is 0 Å². The minimum atomic E-state index is -0.456. The van der Waals surface area contributed by atoms with Crippen LogP contribution in [0.2, 0.25) is 0 Å². The van der Waals surface area contributed by atoms with Crippen LogP contribution in [-0.2, 0) is 4.79 Å². The molecule has 0 atom stereocenters. The van der Waals surface area contributed by atoms with Gasteiger partial charge in [-0.25, -0.2) is 0 Å². The van der Waals surface area contributed by atoms with E-state index in [1.165, 1.54) is 0 Å². The molecule has 1 rings (SSSR count). The van der Waals surface area contributed by atoms with E-state index in [0.717, 1.165) is 17.0 Å². The van der Waals surface area contributed by atoms with Gasteiger partial charge in [-0.15, -0.1) is 0 Å². The molecule has 1 aromatic rings. The summed E-state index contributed by atoms with van der Waals surface area (Å²) in [7, 11) is 1.63. The van der Waals surface area contributed by atoms with E-state index < -0.39 is 5.41 Å². The number of hydrogen-bond acceptors (Lipinski definition) is 3. The molecular formula is C14H22N2O2. The molecule has 0 saturated carbocycles. The normalized spacial score (nSPS) is 11.2. The van der Waals surface area contributed by atoms with Crippen molar-refractivity contribution in [1.82, 2.24) is 0 Å². The van der Waals surface area contributed by atoms with E-state index in [1.54, 1.807) is 7.11 Å². The lowest BCUT2D eigenvalue weighted by Crippen LogP contribution is -2.32. The summed E-state index contributed by atoms with van der Waals surface area (Å²) in [6, 6.07) is 5.58. The summed E-state index contributed by atoms with van der Waals surface area (Å²) in [5.74, 6) is 0.798. The van der Waals surface area contributed by atoms with E-state index in [2.05, 4.69) is 5.32 Å². The number of aryl methyl sites for hydroxylation is 1. The van der Waals surface area contributed by atoms with Crippen LogP contribution < -0.4 is 15.8 Å². The maximum absolute atomic E-state index is 12.1. The maximum Gasteiger partial charge on any atom is 0.230 e. The molecule has 0 aromatic heterocycles. The van der Waals surface area contributed by atoms with Crippen LogP contribution in [0.4, 0.5) is 5.69 Å². The van der Waals surface area contributed by atoms with E-state index in [4.69, 9.17) is 10.5 Å². The molecule has 0 aliphatic carbocycles. The van der Waals surface area contributed by atoms with Crippen molar-refractivity contribution >= 4 is 11.6 Å². The Kier molecular flexibility index (Phi) is 4.73. The van der Waals surface area contributed by atoms with Gasteiger partial charge >= 0.3 is 0 Å². The van der Waals surface area contributed by atoms with Crippen molar-refractivity contribution in [3.8, 4) is 5.75 Å². The number of carbonyl (C=O) groups is 1. The predicted molar refractivity (Wildman–Crippen MR) is 73.8 cm³/mol. The second-order valence-electron chi connectivity index (χ2n) is 5.06. The van der Waals surface area contributed by atoms with E-state index >= 15 is 0 Å². The first-order chi connectivity index (χ1) is 8.40. The van der Waals surface area contributed by atoms with Crippen molar-refractivity contribution < 1.29 is 9.53 Å². The second kappa shape index (κ2) is 5.87. The molecule has 0 bridgehead atoms. The zero-order chi connectivity index (χ0) is 13.8. The molecule has 4 nitrogen and oxygen atoms in total. The summed E-state index contributed by atoms with van der Waals surface area (Å²) in [6.45, 7) is 6.23. The molecule has 0 heterocycles. The standard InChI is InChI=1S/C14H22N2O2/c1-10-9-11(5-6-12(10)18-4)16-13(17)14(2,3)7-8-15/h5-6,9H,7-8,15H2,1-4H3,(H,16,17). The first-order valence-electron chi connectivity index (χ1n) is 6.07. The number of hydrogen-bond donors (Lipinski definition) is 2. The minimum absolute atomic E-state index is 0.0162. The third-order valence-corrected chi connectivity index (χ3v) is 3.04. The maximum atomic E-state index is 12.1. The second-order valence-corrected chi connectivity index (χ2v) is 5.06. The van der Waals surface area contributed by atoms with E-state index in [-0.39, 0.29) is 5.91 Å². The van der Waals surface area contributed by atoms with Crippen molar-refractivity contribution in [3.05, 3.63) is 23.8 Å². The fourth-order valence-corrected chi connectivity index (χ4v) is 1.73. The molecule has 1 aromatic carbocycles. The van der Waals surface area contributed by atoms with Crippen LogP contribution in [0, 0.1) is 12.3 Å². The smallest absolute Gasteiger partial charge is 0.230 e. The topological polar surface area (TPSA) is 64.3 Å². The lowest BCUT2D eigenvalue weighted by molar-refractivity contribution is -0.124. The van der Waals surface area contributed by atoms with Crippen molar-refractivity contribution in [2.45, 2.75) is 27.2 Å². The van der Waals surface area contributed by atoms with Gasteiger partial charge in [0.1, 0.15) is 5.75 Å². The van der Waals surface area contributed by atoms with E-state index in [1.807, 2.05) is 39.0 Å². The first-order valence-corrected chi connectivity index (χ1v) is 6.07. The Bertz CT molecular complexity index is 428. The molecule has 3 N–H and O–H groups in total. The van der Waals surface area contributed by atoms with Gasteiger partial charge in [0.05, 0.1) is 7.11 Å². The van der Waals surface area contributed by atoms with Crippen molar-refractivity contribution in [2.75, 3.05) is 19.0 Å². The summed E-state index contributed by atoms with van der Waals surface area (Å²) in [5.41, 5.74) is 6.83. The van der Waals surface area contributed by atoms with Gasteiger partial charge < -0.3 is 15.8 Å². The Labute approximate surface area is 109 Å². The Morgan fingerprint density at radius 3 is 2.61 bits per heavy atom. The molecule has 0 aliphatic rings. The molecule has 0 radical (unpaired) electrons. The highest BCUT2D eigenvalue weighted by molar-refractivity contribution is 5.94. The van der Waals surface area contributed by atoms with Gasteiger partial charge in [0, 0.05) is 11.1 Å². The van der Waals surface area contributed by atoms with Crippen LogP contribution >= 0.6 is 0 Å². The lowest BCUT2D eigenvalue weighted by atomic mass is 9.88. The zero-order valence-electron chi connectivity index (χ0n) is 11.5. The summed E-state index contributed by atoms with van der Waals surface area (Å²) in [6.07, 6.45) is 0.661. The van der Waals surface area contributed by atoms with Gasteiger partial charge in [-0.05, 0) is 43.7 Å². The summed E-state index contributed by atoms with van der Waals surface area (Å²) < 4.78 is 5.18. The lowest BCUT2D eigenvalue weighted by Gasteiger charge is -2.23. The number of benzene rings is 1. The summed E-state index contributed by atoms with van der Waals surface area (Å²) in [5, 5.41) is 2.91. The molecule has 0 unspecified atom stereocenters. The molecule has 0 fully saturated rings. The molecule has 1 amide bonds.